The number of nitrogens with zero attached hydrogens (tertiary/aromatic N) is 2. The summed E-state index contributed by atoms with van der Waals surface area (Å²) in [7, 11) is 0. The van der Waals surface area contributed by atoms with E-state index in [1.807, 2.05) is 11.8 Å². The van der Waals surface area contributed by atoms with Gasteiger partial charge in [0.1, 0.15) is 0 Å². The van der Waals surface area contributed by atoms with Crippen molar-refractivity contribution in [1.29, 1.82) is 0 Å². The standard InChI is InChI=1S/C27H36ClF2N3O3/c1-18-14-33(16-22-21(25(29)30)7-4-8-23(22)28)17-27(18,13-24(34)35)26(36)31-20-9-11-32(12-10-20)15-19-5-2-3-6-19/h4-5,7-8,18,20,25H,2-3,6,9-17H2,1H3,(H,31,36)(H,34,35)/t18-,27-/m0/s1. The van der Waals surface area contributed by atoms with Gasteiger partial charge in [-0.1, -0.05) is 42.3 Å². The summed E-state index contributed by atoms with van der Waals surface area (Å²) in [6.45, 7) is 5.44. The van der Waals surface area contributed by atoms with Crippen molar-refractivity contribution < 1.29 is 23.5 Å². The van der Waals surface area contributed by atoms with Gasteiger partial charge in [0.15, 0.2) is 0 Å². The van der Waals surface area contributed by atoms with E-state index in [-0.39, 0.29) is 48.0 Å². The third kappa shape index (κ3) is 6.09. The topological polar surface area (TPSA) is 72.9 Å². The van der Waals surface area contributed by atoms with E-state index in [9.17, 15) is 23.5 Å². The number of carbonyl (C=O) groups excluding carboxylic acids is 1. The fourth-order valence-corrected chi connectivity index (χ4v) is 6.32. The molecule has 0 saturated carbocycles. The van der Waals surface area contributed by atoms with Crippen molar-refractivity contribution >= 4 is 23.5 Å². The maximum absolute atomic E-state index is 13.6. The summed E-state index contributed by atoms with van der Waals surface area (Å²) in [6.07, 6.45) is 4.62. The summed E-state index contributed by atoms with van der Waals surface area (Å²) in [4.78, 5) is 29.8. The summed E-state index contributed by atoms with van der Waals surface area (Å²) >= 11 is 6.26. The zero-order chi connectivity index (χ0) is 25.9. The van der Waals surface area contributed by atoms with Gasteiger partial charge in [-0.25, -0.2) is 8.78 Å². The van der Waals surface area contributed by atoms with Gasteiger partial charge >= 0.3 is 5.97 Å². The third-order valence-corrected chi connectivity index (χ3v) is 8.51. The zero-order valence-corrected chi connectivity index (χ0v) is 21.6. The average Bonchev–Trinajstić information content (AvgIpc) is 3.44. The van der Waals surface area contributed by atoms with Crippen molar-refractivity contribution in [3.05, 3.63) is 46.0 Å². The summed E-state index contributed by atoms with van der Waals surface area (Å²) in [5.41, 5.74) is 0.587. The second-order valence-corrected chi connectivity index (χ2v) is 11.1. The number of amides is 1. The van der Waals surface area contributed by atoms with Crippen LogP contribution in [0.1, 0.15) is 63.0 Å². The maximum Gasteiger partial charge on any atom is 0.304 e. The lowest BCUT2D eigenvalue weighted by molar-refractivity contribution is -0.147. The van der Waals surface area contributed by atoms with E-state index in [1.54, 1.807) is 6.07 Å². The molecule has 2 saturated heterocycles. The highest BCUT2D eigenvalue weighted by Gasteiger charge is 2.51. The van der Waals surface area contributed by atoms with Gasteiger partial charge in [0.05, 0.1) is 11.8 Å². The Bertz CT molecular complexity index is 996. The van der Waals surface area contributed by atoms with E-state index in [0.29, 0.717) is 12.1 Å². The summed E-state index contributed by atoms with van der Waals surface area (Å²) in [5.74, 6) is -1.53. The van der Waals surface area contributed by atoms with Gasteiger partial charge in [0, 0.05) is 55.9 Å². The first-order chi connectivity index (χ1) is 17.2. The first-order valence-corrected chi connectivity index (χ1v) is 13.3. The highest BCUT2D eigenvalue weighted by molar-refractivity contribution is 6.31. The normalized spacial score (nSPS) is 25.9. The predicted octanol–water partition coefficient (Wildman–Crippen LogP) is 4.88. The van der Waals surface area contributed by atoms with Crippen molar-refractivity contribution in [2.45, 2.75) is 64.5 Å². The lowest BCUT2D eigenvalue weighted by Gasteiger charge is -2.36. The zero-order valence-electron chi connectivity index (χ0n) is 20.8. The SMILES string of the molecule is C[C@H]1CN(Cc2c(Cl)cccc2C(F)F)C[C@]1(CC(=O)O)C(=O)NC1CCN(CC2=CCCC2)CC1. The second-order valence-electron chi connectivity index (χ2n) is 10.7. The van der Waals surface area contributed by atoms with E-state index >= 15 is 0 Å². The Kier molecular flexibility index (Phi) is 8.68. The molecule has 2 atom stereocenters. The molecule has 1 aromatic carbocycles. The van der Waals surface area contributed by atoms with Gasteiger partial charge in [0.25, 0.3) is 6.43 Å². The highest BCUT2D eigenvalue weighted by Crippen LogP contribution is 2.41. The Balaban J connectivity index is 1.42. The van der Waals surface area contributed by atoms with Crippen molar-refractivity contribution in [1.82, 2.24) is 15.1 Å². The molecule has 4 rings (SSSR count). The largest absolute Gasteiger partial charge is 0.481 e. The molecule has 0 bridgehead atoms. The van der Waals surface area contributed by atoms with E-state index in [0.717, 1.165) is 32.5 Å². The van der Waals surface area contributed by atoms with Gasteiger partial charge in [-0.2, -0.15) is 0 Å². The Morgan fingerprint density at radius 2 is 1.97 bits per heavy atom. The molecule has 2 heterocycles. The molecule has 3 aliphatic rings. The van der Waals surface area contributed by atoms with Crippen molar-refractivity contribution in [3.63, 3.8) is 0 Å². The van der Waals surface area contributed by atoms with Crippen LogP contribution in [0, 0.1) is 11.3 Å². The first-order valence-electron chi connectivity index (χ1n) is 12.9. The Labute approximate surface area is 216 Å². The van der Waals surface area contributed by atoms with Crippen LogP contribution < -0.4 is 5.32 Å². The number of aliphatic carboxylic acids is 1. The molecule has 1 amide bonds. The first kappa shape index (κ1) is 27.0. The van der Waals surface area contributed by atoms with Crippen LogP contribution >= 0.6 is 11.6 Å². The van der Waals surface area contributed by atoms with Crippen LogP contribution in [-0.2, 0) is 16.1 Å². The van der Waals surface area contributed by atoms with E-state index in [2.05, 4.69) is 16.3 Å². The van der Waals surface area contributed by atoms with Crippen LogP contribution in [0.3, 0.4) is 0 Å². The summed E-state index contributed by atoms with van der Waals surface area (Å²) < 4.78 is 27.2. The number of piperidine rings is 1. The number of carboxylic acids is 1. The number of allylic oxidation sites excluding steroid dienone is 1. The molecule has 0 unspecified atom stereocenters. The van der Waals surface area contributed by atoms with Gasteiger partial charge in [-0.15, -0.1) is 0 Å². The van der Waals surface area contributed by atoms with E-state index < -0.39 is 17.8 Å². The third-order valence-electron chi connectivity index (χ3n) is 8.16. The maximum atomic E-state index is 13.6. The van der Waals surface area contributed by atoms with Gasteiger partial charge < -0.3 is 10.4 Å². The number of carboxylic acid groups (broad SMARTS) is 1. The van der Waals surface area contributed by atoms with E-state index in [1.165, 1.54) is 37.0 Å². The Hall–Kier alpha value is -2.03. The van der Waals surface area contributed by atoms with Crippen LogP contribution in [0.15, 0.2) is 29.8 Å². The van der Waals surface area contributed by atoms with Gasteiger partial charge in [-0.05, 0) is 49.7 Å². The molecule has 0 spiro atoms. The number of alkyl halides is 2. The number of rotatable bonds is 9. The number of benzene rings is 1. The predicted molar refractivity (Wildman–Crippen MR) is 135 cm³/mol. The number of likely N-dealkylation sites (tertiary alicyclic amines) is 2. The van der Waals surface area contributed by atoms with Crippen molar-refractivity contribution in [3.8, 4) is 0 Å². The smallest absolute Gasteiger partial charge is 0.304 e. The lowest BCUT2D eigenvalue weighted by atomic mass is 9.75. The minimum absolute atomic E-state index is 0.00670. The molecule has 1 aliphatic carbocycles. The fraction of sp³-hybridized carbons (Fsp3) is 0.630. The molecule has 0 radical (unpaired) electrons. The average molecular weight is 524 g/mol. The molecule has 0 aromatic heterocycles. The van der Waals surface area contributed by atoms with Crippen molar-refractivity contribution in [2.75, 3.05) is 32.7 Å². The molecule has 2 N–H and O–H groups in total. The summed E-state index contributed by atoms with van der Waals surface area (Å²) in [6, 6.07) is 4.44. The molecule has 2 fully saturated rings. The number of nitrogens with one attached hydrogen (secondary N) is 1. The minimum atomic E-state index is -2.67. The quantitative estimate of drug-likeness (QED) is 0.451. The van der Waals surface area contributed by atoms with E-state index in [4.69, 9.17) is 11.6 Å². The molecule has 36 heavy (non-hydrogen) atoms. The molecule has 198 valence electrons. The Morgan fingerprint density at radius 1 is 1.22 bits per heavy atom. The van der Waals surface area contributed by atoms with Crippen LogP contribution in [0.2, 0.25) is 5.02 Å². The van der Waals surface area contributed by atoms with Gasteiger partial charge in [-0.3, -0.25) is 19.4 Å². The molecule has 1 aromatic rings. The number of hydrogen-bond acceptors (Lipinski definition) is 4. The fourth-order valence-electron chi connectivity index (χ4n) is 6.08. The summed E-state index contributed by atoms with van der Waals surface area (Å²) in [5, 5.41) is 13.1. The van der Waals surface area contributed by atoms with Crippen LogP contribution in [0.4, 0.5) is 8.78 Å². The molecular formula is C27H36ClF2N3O3. The second kappa shape index (κ2) is 11.6. The molecule has 9 heteroatoms. The molecule has 6 nitrogen and oxygen atoms in total. The van der Waals surface area contributed by atoms with Gasteiger partial charge in [0.2, 0.25) is 5.91 Å². The molecule has 2 aliphatic heterocycles. The van der Waals surface area contributed by atoms with Crippen LogP contribution in [-0.4, -0.2) is 65.5 Å². The number of hydrogen-bond donors (Lipinski definition) is 2. The Morgan fingerprint density at radius 3 is 2.61 bits per heavy atom. The highest BCUT2D eigenvalue weighted by atomic mass is 35.5. The lowest BCUT2D eigenvalue weighted by Crippen LogP contribution is -2.53. The van der Waals surface area contributed by atoms with Crippen molar-refractivity contribution in [2.24, 2.45) is 11.3 Å². The van der Waals surface area contributed by atoms with Crippen LogP contribution in [0.25, 0.3) is 0 Å². The number of carbonyl (C=O) groups is 2. The molecular weight excluding hydrogens is 488 g/mol. The minimum Gasteiger partial charge on any atom is -0.481 e. The number of halogens is 3. The van der Waals surface area contributed by atoms with Crippen LogP contribution in [0.5, 0.6) is 0 Å². The monoisotopic (exact) mass is 523 g/mol.